The number of para-hydroxylation sites is 1. The molecule has 1 aliphatic heterocycles. The molecule has 1 aliphatic rings. The summed E-state index contributed by atoms with van der Waals surface area (Å²) in [6, 6.07) is 12.3. The van der Waals surface area contributed by atoms with Crippen LogP contribution in [0.25, 0.3) is 0 Å². The second-order valence-corrected chi connectivity index (χ2v) is 6.70. The summed E-state index contributed by atoms with van der Waals surface area (Å²) in [6.07, 6.45) is 1.59. The summed E-state index contributed by atoms with van der Waals surface area (Å²) in [5.74, 6) is -2.53. The highest BCUT2D eigenvalue weighted by atomic mass is 19.1. The summed E-state index contributed by atoms with van der Waals surface area (Å²) in [4.78, 5) is 27.8. The van der Waals surface area contributed by atoms with Crippen LogP contribution in [0.1, 0.15) is 11.3 Å². The van der Waals surface area contributed by atoms with Crippen LogP contribution in [0.15, 0.2) is 54.7 Å². The molecule has 0 spiro atoms. The first-order chi connectivity index (χ1) is 14.0. The van der Waals surface area contributed by atoms with E-state index in [1.54, 1.807) is 18.3 Å². The highest BCUT2D eigenvalue weighted by Crippen LogP contribution is 2.18. The number of anilines is 1. The van der Waals surface area contributed by atoms with Crippen molar-refractivity contribution in [2.24, 2.45) is 0 Å². The lowest BCUT2D eigenvalue weighted by molar-refractivity contribution is -0.146. The molecule has 148 valence electrons. The molecule has 2 heterocycles. The summed E-state index contributed by atoms with van der Waals surface area (Å²) in [5.41, 5.74) is 1.57. The summed E-state index contributed by atoms with van der Waals surface area (Å²) < 4.78 is 28.1. The van der Waals surface area contributed by atoms with Gasteiger partial charge in [0.05, 0.1) is 19.3 Å². The molecule has 3 aromatic rings. The Morgan fingerprint density at radius 3 is 2.34 bits per heavy atom. The highest BCUT2D eigenvalue weighted by molar-refractivity contribution is 6.40. The maximum Gasteiger partial charge on any atom is 0.316 e. The van der Waals surface area contributed by atoms with Gasteiger partial charge in [-0.1, -0.05) is 23.4 Å². The Bertz CT molecular complexity index is 1030. The van der Waals surface area contributed by atoms with Crippen molar-refractivity contribution >= 4 is 17.5 Å². The largest absolute Gasteiger partial charge is 0.327 e. The van der Waals surface area contributed by atoms with Gasteiger partial charge < -0.3 is 9.80 Å². The van der Waals surface area contributed by atoms with E-state index in [4.69, 9.17) is 0 Å². The number of carbonyl (C=O) groups excluding carboxylic acids is 2. The average Bonchev–Trinajstić information content (AvgIpc) is 3.12. The van der Waals surface area contributed by atoms with E-state index >= 15 is 0 Å². The molecule has 2 amide bonds. The van der Waals surface area contributed by atoms with Gasteiger partial charge >= 0.3 is 11.8 Å². The SMILES string of the molecule is O=C1C(=O)N(c2ccccc2)CCN1Cc1cn(Cc2cc(F)cc(F)c2)nn1. The maximum atomic E-state index is 13.3. The first-order valence-corrected chi connectivity index (χ1v) is 8.99. The lowest BCUT2D eigenvalue weighted by Crippen LogP contribution is -2.54. The zero-order valence-corrected chi connectivity index (χ0v) is 15.3. The summed E-state index contributed by atoms with van der Waals surface area (Å²) >= 11 is 0. The van der Waals surface area contributed by atoms with Crippen LogP contribution in [0.5, 0.6) is 0 Å². The number of carbonyl (C=O) groups is 2. The quantitative estimate of drug-likeness (QED) is 0.618. The molecule has 4 rings (SSSR count). The van der Waals surface area contributed by atoms with Crippen LogP contribution in [0.2, 0.25) is 0 Å². The lowest BCUT2D eigenvalue weighted by Gasteiger charge is -2.33. The molecule has 9 heteroatoms. The first-order valence-electron chi connectivity index (χ1n) is 8.99. The van der Waals surface area contributed by atoms with Gasteiger partial charge in [-0.3, -0.25) is 9.59 Å². The third-order valence-corrected chi connectivity index (χ3v) is 4.58. The van der Waals surface area contributed by atoms with Gasteiger partial charge in [0.2, 0.25) is 0 Å². The monoisotopic (exact) mass is 397 g/mol. The van der Waals surface area contributed by atoms with E-state index in [-0.39, 0.29) is 13.1 Å². The Morgan fingerprint density at radius 1 is 0.897 bits per heavy atom. The number of hydrogen-bond acceptors (Lipinski definition) is 4. The maximum absolute atomic E-state index is 13.3. The van der Waals surface area contributed by atoms with E-state index in [2.05, 4.69) is 10.3 Å². The number of nitrogens with zero attached hydrogens (tertiary/aromatic N) is 5. The van der Waals surface area contributed by atoms with Crippen LogP contribution in [-0.2, 0) is 22.7 Å². The number of amides is 2. The van der Waals surface area contributed by atoms with Gasteiger partial charge in [0, 0.05) is 24.8 Å². The van der Waals surface area contributed by atoms with Crippen molar-refractivity contribution in [1.29, 1.82) is 0 Å². The third kappa shape index (κ3) is 4.13. The van der Waals surface area contributed by atoms with Crippen molar-refractivity contribution in [1.82, 2.24) is 19.9 Å². The standard InChI is InChI=1S/C20H17F2N5O2/c21-15-8-14(9-16(22)10-15)11-26-13-17(23-24-26)12-25-6-7-27(20(29)19(25)28)18-4-2-1-3-5-18/h1-5,8-10,13H,6-7,11-12H2. The van der Waals surface area contributed by atoms with Gasteiger partial charge in [-0.15, -0.1) is 5.10 Å². The second kappa shape index (κ2) is 7.78. The van der Waals surface area contributed by atoms with E-state index in [1.807, 2.05) is 18.2 Å². The zero-order chi connectivity index (χ0) is 20.4. The summed E-state index contributed by atoms with van der Waals surface area (Å²) in [5, 5.41) is 7.93. The van der Waals surface area contributed by atoms with Gasteiger partial charge in [0.25, 0.3) is 0 Å². The molecule has 0 radical (unpaired) electrons. The van der Waals surface area contributed by atoms with E-state index in [0.717, 1.165) is 6.07 Å². The van der Waals surface area contributed by atoms with Crippen LogP contribution in [0, 0.1) is 11.6 Å². The van der Waals surface area contributed by atoms with Crippen molar-refractivity contribution in [3.8, 4) is 0 Å². The topological polar surface area (TPSA) is 71.3 Å². The number of halogens is 2. The Morgan fingerprint density at radius 2 is 1.62 bits per heavy atom. The Labute approximate surface area is 165 Å². The molecule has 0 unspecified atom stereocenters. The van der Waals surface area contributed by atoms with Gasteiger partial charge in [-0.25, -0.2) is 13.5 Å². The number of hydrogen-bond donors (Lipinski definition) is 0. The van der Waals surface area contributed by atoms with Crippen LogP contribution in [-0.4, -0.2) is 44.8 Å². The van der Waals surface area contributed by atoms with Crippen LogP contribution in [0.3, 0.4) is 0 Å². The Kier molecular flexibility index (Phi) is 5.03. The van der Waals surface area contributed by atoms with Gasteiger partial charge in [0.15, 0.2) is 0 Å². The van der Waals surface area contributed by atoms with Gasteiger partial charge in [0.1, 0.15) is 17.3 Å². The van der Waals surface area contributed by atoms with Crippen molar-refractivity contribution in [2.45, 2.75) is 13.1 Å². The van der Waals surface area contributed by atoms with E-state index in [9.17, 15) is 18.4 Å². The van der Waals surface area contributed by atoms with Crippen LogP contribution >= 0.6 is 0 Å². The molecule has 1 saturated heterocycles. The fourth-order valence-electron chi connectivity index (χ4n) is 3.25. The fourth-order valence-corrected chi connectivity index (χ4v) is 3.25. The van der Waals surface area contributed by atoms with Crippen molar-refractivity contribution in [2.75, 3.05) is 18.0 Å². The molecule has 2 aromatic carbocycles. The van der Waals surface area contributed by atoms with Crippen molar-refractivity contribution in [3.05, 3.63) is 77.6 Å². The predicted molar refractivity (Wildman–Crippen MR) is 99.7 cm³/mol. The number of rotatable bonds is 5. The molecular formula is C20H17F2N5O2. The fraction of sp³-hybridized carbons (Fsp3) is 0.200. The van der Waals surface area contributed by atoms with E-state index < -0.39 is 23.4 Å². The van der Waals surface area contributed by atoms with Gasteiger partial charge in [-0.2, -0.15) is 0 Å². The zero-order valence-electron chi connectivity index (χ0n) is 15.3. The second-order valence-electron chi connectivity index (χ2n) is 6.70. The molecule has 1 aromatic heterocycles. The average molecular weight is 397 g/mol. The normalized spacial score (nSPS) is 14.6. The molecule has 7 nitrogen and oxygen atoms in total. The van der Waals surface area contributed by atoms with Crippen LogP contribution < -0.4 is 4.90 Å². The molecule has 0 bridgehead atoms. The molecule has 29 heavy (non-hydrogen) atoms. The number of aromatic nitrogens is 3. The van der Waals surface area contributed by atoms with Gasteiger partial charge in [-0.05, 0) is 29.8 Å². The molecule has 0 aliphatic carbocycles. The summed E-state index contributed by atoms with van der Waals surface area (Å²) in [7, 11) is 0. The van der Waals surface area contributed by atoms with Crippen molar-refractivity contribution < 1.29 is 18.4 Å². The minimum atomic E-state index is -0.666. The minimum Gasteiger partial charge on any atom is -0.327 e. The highest BCUT2D eigenvalue weighted by Gasteiger charge is 2.33. The lowest BCUT2D eigenvalue weighted by atomic mass is 10.2. The molecule has 1 fully saturated rings. The first kappa shape index (κ1) is 18.7. The number of benzene rings is 2. The molecule has 0 saturated carbocycles. The predicted octanol–water partition coefficient (Wildman–Crippen LogP) is 1.98. The molecule has 0 N–H and O–H groups in total. The van der Waals surface area contributed by atoms with Crippen molar-refractivity contribution in [3.63, 3.8) is 0 Å². The molecule has 0 atom stereocenters. The summed E-state index contributed by atoms with van der Waals surface area (Å²) in [6.45, 7) is 1.01. The smallest absolute Gasteiger partial charge is 0.316 e. The molecular weight excluding hydrogens is 380 g/mol. The third-order valence-electron chi connectivity index (χ3n) is 4.58. The van der Waals surface area contributed by atoms with E-state index in [1.165, 1.54) is 26.6 Å². The van der Waals surface area contributed by atoms with E-state index in [0.29, 0.717) is 30.0 Å². The minimum absolute atomic E-state index is 0.130. The Balaban J connectivity index is 1.41. The van der Waals surface area contributed by atoms with Crippen LogP contribution in [0.4, 0.5) is 14.5 Å². The number of piperazine rings is 1. The Hall–Kier alpha value is -3.62.